The van der Waals surface area contributed by atoms with E-state index in [0.717, 1.165) is 16.5 Å². The van der Waals surface area contributed by atoms with Gasteiger partial charge in [-0.3, -0.25) is 24.0 Å². The van der Waals surface area contributed by atoms with Gasteiger partial charge in [0.05, 0.1) is 6.04 Å². The zero-order valence-electron chi connectivity index (χ0n) is 20.2. The second kappa shape index (κ2) is 13.2. The van der Waals surface area contributed by atoms with Gasteiger partial charge in [0.1, 0.15) is 18.6 Å². The topological polar surface area (TPSA) is 204 Å². The maximum atomic E-state index is 13.0. The number of amides is 3. The summed E-state index contributed by atoms with van der Waals surface area (Å²) in [6.45, 7) is 3.01. The van der Waals surface area contributed by atoms with E-state index in [1.54, 1.807) is 6.20 Å². The molecule has 2 rings (SSSR count). The third-order valence-electron chi connectivity index (χ3n) is 5.49. The van der Waals surface area contributed by atoms with Crippen LogP contribution in [-0.2, 0) is 30.4 Å². The molecule has 0 fully saturated rings. The van der Waals surface area contributed by atoms with Crippen LogP contribution in [0.4, 0.5) is 0 Å². The van der Waals surface area contributed by atoms with Crippen LogP contribution in [0.5, 0.6) is 0 Å². The Bertz CT molecular complexity index is 1100. The molecule has 12 nitrogen and oxygen atoms in total. The quantitative estimate of drug-likeness (QED) is 0.188. The number of nitrogens with one attached hydrogen (secondary N) is 4. The summed E-state index contributed by atoms with van der Waals surface area (Å²) in [7, 11) is 0. The molecule has 1 heterocycles. The van der Waals surface area contributed by atoms with Crippen molar-refractivity contribution in [2.45, 2.75) is 57.7 Å². The molecule has 0 radical (unpaired) electrons. The maximum absolute atomic E-state index is 13.0. The highest BCUT2D eigenvalue weighted by Gasteiger charge is 2.29. The van der Waals surface area contributed by atoms with Crippen molar-refractivity contribution >= 4 is 40.6 Å². The summed E-state index contributed by atoms with van der Waals surface area (Å²) < 4.78 is 0. The summed E-state index contributed by atoms with van der Waals surface area (Å²) in [5.74, 6) is -4.54. The van der Waals surface area contributed by atoms with E-state index in [0.29, 0.717) is 0 Å². The highest BCUT2D eigenvalue weighted by molar-refractivity contribution is 5.94. The number of aromatic nitrogens is 1. The fourth-order valence-corrected chi connectivity index (χ4v) is 3.71. The van der Waals surface area contributed by atoms with Gasteiger partial charge in [-0.15, -0.1) is 0 Å². The average molecular weight is 504 g/mol. The SMILES string of the molecule is CC(C)CC(NC(=O)C(CCC(=O)O)NC(=O)C(N)Cc1c[nH]c2ccccc12)C(=O)NCC(=O)O. The smallest absolute Gasteiger partial charge is 0.322 e. The van der Waals surface area contributed by atoms with Crippen molar-refractivity contribution < 1.29 is 34.2 Å². The normalized spacial score (nSPS) is 13.6. The number of hydrogen-bond donors (Lipinski definition) is 7. The van der Waals surface area contributed by atoms with Crippen LogP contribution in [0, 0.1) is 5.92 Å². The first kappa shape index (κ1) is 28.3. The Morgan fingerprint density at radius 2 is 1.61 bits per heavy atom. The van der Waals surface area contributed by atoms with Crippen molar-refractivity contribution in [3.8, 4) is 0 Å². The van der Waals surface area contributed by atoms with E-state index in [2.05, 4.69) is 20.9 Å². The molecule has 0 saturated carbocycles. The van der Waals surface area contributed by atoms with Crippen LogP contribution >= 0.6 is 0 Å². The van der Waals surface area contributed by atoms with Gasteiger partial charge in [0.2, 0.25) is 17.7 Å². The number of carbonyl (C=O) groups is 5. The molecule has 0 bridgehead atoms. The number of carboxylic acids is 2. The Hall–Kier alpha value is -3.93. The Morgan fingerprint density at radius 1 is 0.944 bits per heavy atom. The first-order valence-corrected chi connectivity index (χ1v) is 11.6. The van der Waals surface area contributed by atoms with E-state index in [9.17, 15) is 24.0 Å². The van der Waals surface area contributed by atoms with Gasteiger partial charge in [0, 0.05) is 23.5 Å². The molecule has 0 aliphatic heterocycles. The van der Waals surface area contributed by atoms with E-state index in [-0.39, 0.29) is 25.2 Å². The summed E-state index contributed by atoms with van der Waals surface area (Å²) in [4.78, 5) is 63.2. The third-order valence-corrected chi connectivity index (χ3v) is 5.49. The number of carboxylic acid groups (broad SMARTS) is 2. The molecule has 3 atom stereocenters. The molecule has 0 aliphatic carbocycles. The zero-order valence-corrected chi connectivity index (χ0v) is 20.2. The van der Waals surface area contributed by atoms with Crippen molar-refractivity contribution in [1.82, 2.24) is 20.9 Å². The van der Waals surface area contributed by atoms with Crippen molar-refractivity contribution in [3.05, 3.63) is 36.0 Å². The second-order valence-corrected chi connectivity index (χ2v) is 8.97. The van der Waals surface area contributed by atoms with Crippen LogP contribution in [0.15, 0.2) is 30.5 Å². The number of aliphatic carboxylic acids is 2. The molecule has 0 saturated heterocycles. The maximum Gasteiger partial charge on any atom is 0.322 e. The van der Waals surface area contributed by atoms with Crippen LogP contribution in [0.1, 0.15) is 38.7 Å². The van der Waals surface area contributed by atoms with Gasteiger partial charge in [-0.1, -0.05) is 32.0 Å². The van der Waals surface area contributed by atoms with Crippen molar-refractivity contribution in [1.29, 1.82) is 0 Å². The standard InChI is InChI=1S/C24H33N5O7/c1-13(2)9-19(23(35)27-12-21(32)33)29-24(36)18(7-8-20(30)31)28-22(34)16(25)10-14-11-26-17-6-4-3-5-15(14)17/h3-6,11,13,16,18-19,26H,7-10,12,25H2,1-2H3,(H,27,35)(H,28,34)(H,29,36)(H,30,31)(H,32,33). The lowest BCUT2D eigenvalue weighted by Gasteiger charge is -2.24. The van der Waals surface area contributed by atoms with E-state index >= 15 is 0 Å². The van der Waals surface area contributed by atoms with Crippen LogP contribution in [0.3, 0.4) is 0 Å². The number of para-hydroxylation sites is 1. The minimum atomic E-state index is -1.26. The van der Waals surface area contributed by atoms with E-state index in [1.807, 2.05) is 38.1 Å². The molecule has 0 spiro atoms. The molecule has 36 heavy (non-hydrogen) atoms. The Kier molecular flexibility index (Phi) is 10.4. The number of nitrogens with two attached hydrogens (primary N) is 1. The van der Waals surface area contributed by atoms with Gasteiger partial charge in [0.15, 0.2) is 0 Å². The van der Waals surface area contributed by atoms with Gasteiger partial charge in [-0.25, -0.2) is 0 Å². The average Bonchev–Trinajstić information content (AvgIpc) is 3.21. The lowest BCUT2D eigenvalue weighted by molar-refractivity contribution is -0.138. The van der Waals surface area contributed by atoms with Crippen molar-refractivity contribution in [2.24, 2.45) is 11.7 Å². The van der Waals surface area contributed by atoms with Crippen molar-refractivity contribution in [3.63, 3.8) is 0 Å². The van der Waals surface area contributed by atoms with E-state index in [4.69, 9.17) is 15.9 Å². The fraction of sp³-hybridized carbons (Fsp3) is 0.458. The molecule has 1 aromatic carbocycles. The second-order valence-electron chi connectivity index (χ2n) is 8.97. The number of fused-ring (bicyclic) bond motifs is 1. The highest BCUT2D eigenvalue weighted by Crippen LogP contribution is 2.19. The minimum Gasteiger partial charge on any atom is -0.481 e. The number of benzene rings is 1. The van der Waals surface area contributed by atoms with Gasteiger partial charge in [-0.2, -0.15) is 0 Å². The van der Waals surface area contributed by atoms with Gasteiger partial charge in [0.25, 0.3) is 0 Å². The molecule has 2 aromatic rings. The molecule has 3 amide bonds. The molecule has 8 N–H and O–H groups in total. The molecule has 0 aliphatic rings. The van der Waals surface area contributed by atoms with E-state index < -0.39 is 60.8 Å². The lowest BCUT2D eigenvalue weighted by atomic mass is 10.0. The van der Waals surface area contributed by atoms with Gasteiger partial charge < -0.3 is 36.9 Å². The monoisotopic (exact) mass is 503 g/mol. The largest absolute Gasteiger partial charge is 0.481 e. The first-order chi connectivity index (χ1) is 17.0. The number of hydrogen-bond acceptors (Lipinski definition) is 6. The Balaban J connectivity index is 2.11. The Morgan fingerprint density at radius 3 is 2.25 bits per heavy atom. The first-order valence-electron chi connectivity index (χ1n) is 11.6. The third kappa shape index (κ3) is 8.69. The molecule has 1 aromatic heterocycles. The number of carbonyl (C=O) groups excluding carboxylic acids is 3. The number of rotatable bonds is 14. The van der Waals surface area contributed by atoms with Gasteiger partial charge >= 0.3 is 11.9 Å². The molecule has 12 heteroatoms. The Labute approximate surface area is 208 Å². The molecule has 196 valence electrons. The zero-order chi connectivity index (χ0) is 26.8. The summed E-state index contributed by atoms with van der Waals surface area (Å²) in [5.41, 5.74) is 7.79. The molecule has 3 unspecified atom stereocenters. The summed E-state index contributed by atoms with van der Waals surface area (Å²) in [6.07, 6.45) is 1.50. The summed E-state index contributed by atoms with van der Waals surface area (Å²) in [5, 5.41) is 26.0. The van der Waals surface area contributed by atoms with Crippen LogP contribution in [0.2, 0.25) is 0 Å². The van der Waals surface area contributed by atoms with Crippen molar-refractivity contribution in [2.75, 3.05) is 6.54 Å². The van der Waals surface area contributed by atoms with E-state index in [1.165, 1.54) is 0 Å². The van der Waals surface area contributed by atoms with Crippen LogP contribution in [0.25, 0.3) is 10.9 Å². The predicted molar refractivity (Wildman–Crippen MR) is 131 cm³/mol. The summed E-state index contributed by atoms with van der Waals surface area (Å²) in [6, 6.07) is 4.16. The number of H-pyrrole nitrogens is 1. The molecular weight excluding hydrogens is 470 g/mol. The molecular formula is C24H33N5O7. The summed E-state index contributed by atoms with van der Waals surface area (Å²) >= 11 is 0. The van der Waals surface area contributed by atoms with Crippen LogP contribution < -0.4 is 21.7 Å². The predicted octanol–water partition coefficient (Wildman–Crippen LogP) is 0.119. The fourth-order valence-electron chi connectivity index (χ4n) is 3.71. The van der Waals surface area contributed by atoms with Gasteiger partial charge in [-0.05, 0) is 36.8 Å². The highest BCUT2D eigenvalue weighted by atomic mass is 16.4. The minimum absolute atomic E-state index is 0.0254. The lowest BCUT2D eigenvalue weighted by Crippen LogP contribution is -2.56. The van der Waals surface area contributed by atoms with Crippen LogP contribution in [-0.4, -0.2) is 69.5 Å². The number of aromatic amines is 1.